The van der Waals surface area contributed by atoms with Crippen molar-refractivity contribution in [1.82, 2.24) is 0 Å². The Morgan fingerprint density at radius 1 is 1.25 bits per heavy atom. The second-order valence-corrected chi connectivity index (χ2v) is 9.00. The molecule has 0 radical (unpaired) electrons. The Morgan fingerprint density at radius 3 is 2.30 bits per heavy atom. The first kappa shape index (κ1) is 14.8. The average Bonchev–Trinajstić information content (AvgIpc) is 2.80. The molecule has 1 amide bonds. The Kier molecular flexibility index (Phi) is 3.30. The maximum Gasteiger partial charge on any atom is 0.232 e. The van der Waals surface area contributed by atoms with Crippen LogP contribution in [-0.4, -0.2) is 10.7 Å². The molecule has 4 heteroatoms. The smallest absolute Gasteiger partial charge is 0.232 e. The molecule has 3 aliphatic rings. The quantitative estimate of drug-likeness (QED) is 0.511. The van der Waals surface area contributed by atoms with Crippen molar-refractivity contribution in [3.05, 3.63) is 27.8 Å². The van der Waals surface area contributed by atoms with Gasteiger partial charge in [0, 0.05) is 14.1 Å². The number of amides is 1. The van der Waals surface area contributed by atoms with Gasteiger partial charge in [0.05, 0.1) is 5.41 Å². The molecule has 0 spiro atoms. The predicted octanol–water partition coefficient (Wildman–Crippen LogP) is 4.82. The number of halogens is 2. The van der Waals surface area contributed by atoms with E-state index in [1.165, 1.54) is 3.57 Å². The normalized spacial score (nSPS) is 37.4. The minimum atomic E-state index is -0.273. The molecule has 20 heavy (non-hydrogen) atoms. The zero-order valence-electron chi connectivity index (χ0n) is 12.0. The number of fused-ring (bicyclic) bond motifs is 1. The molecule has 0 aliphatic heterocycles. The van der Waals surface area contributed by atoms with E-state index in [0.29, 0.717) is 0 Å². The number of alkyl halides is 1. The number of carbonyl (C=O) groups excluding carboxylic acids is 1. The van der Waals surface area contributed by atoms with E-state index in [1.807, 2.05) is 24.3 Å². The Labute approximate surface area is 142 Å². The van der Waals surface area contributed by atoms with Crippen LogP contribution in [0.5, 0.6) is 0 Å². The summed E-state index contributed by atoms with van der Waals surface area (Å²) in [7, 11) is 0. The number of hydrogen-bond donors (Lipinski definition) is 1. The van der Waals surface area contributed by atoms with E-state index < -0.39 is 0 Å². The Morgan fingerprint density at radius 2 is 1.85 bits per heavy atom. The minimum Gasteiger partial charge on any atom is -0.326 e. The van der Waals surface area contributed by atoms with Crippen LogP contribution >= 0.6 is 38.5 Å². The van der Waals surface area contributed by atoms with Crippen molar-refractivity contribution in [1.29, 1.82) is 0 Å². The molecule has 0 heterocycles. The summed E-state index contributed by atoms with van der Waals surface area (Å²) in [5.41, 5.74) is 0.892. The molecule has 1 aromatic carbocycles. The minimum absolute atomic E-state index is 0.0431. The molecule has 1 N–H and O–H groups in total. The lowest BCUT2D eigenvalue weighted by molar-refractivity contribution is -0.155. The average molecular weight is 448 g/mol. The number of rotatable bonds is 2. The van der Waals surface area contributed by atoms with E-state index >= 15 is 0 Å². The molecule has 0 aromatic heterocycles. The van der Waals surface area contributed by atoms with Gasteiger partial charge >= 0.3 is 0 Å². The molecular weight excluding hydrogens is 429 g/mol. The summed E-state index contributed by atoms with van der Waals surface area (Å²) < 4.78 is 1.18. The zero-order valence-corrected chi connectivity index (χ0v) is 15.7. The summed E-state index contributed by atoms with van der Waals surface area (Å²) in [5.74, 6) is 0.167. The van der Waals surface area contributed by atoms with Gasteiger partial charge in [0.15, 0.2) is 0 Å². The molecule has 3 atom stereocenters. The van der Waals surface area contributed by atoms with Crippen LogP contribution in [0.15, 0.2) is 24.3 Å². The van der Waals surface area contributed by atoms with E-state index in [2.05, 4.69) is 64.6 Å². The lowest BCUT2D eigenvalue weighted by Gasteiger charge is -2.64. The van der Waals surface area contributed by atoms with Crippen molar-refractivity contribution in [3.63, 3.8) is 0 Å². The van der Waals surface area contributed by atoms with Gasteiger partial charge in [-0.1, -0.05) is 36.7 Å². The van der Waals surface area contributed by atoms with Crippen LogP contribution in [0.4, 0.5) is 5.69 Å². The highest BCUT2D eigenvalue weighted by Gasteiger charge is 2.80. The maximum atomic E-state index is 12.9. The second kappa shape index (κ2) is 4.45. The molecule has 3 unspecified atom stereocenters. The van der Waals surface area contributed by atoms with Crippen molar-refractivity contribution in [3.8, 4) is 0 Å². The highest BCUT2D eigenvalue weighted by atomic mass is 127. The molecule has 2 nitrogen and oxygen atoms in total. The van der Waals surface area contributed by atoms with Crippen LogP contribution in [0.2, 0.25) is 0 Å². The molecule has 2 bridgehead atoms. The van der Waals surface area contributed by atoms with Gasteiger partial charge in [-0.3, -0.25) is 4.79 Å². The SMILES string of the molecule is CC12CCC(C(=O)Nc3ccc(I)cc3)(C1Br)C2(C)C. The van der Waals surface area contributed by atoms with E-state index in [4.69, 9.17) is 0 Å². The molecule has 3 fully saturated rings. The lowest BCUT2D eigenvalue weighted by atomic mass is 9.43. The van der Waals surface area contributed by atoms with Gasteiger partial charge in [0.1, 0.15) is 0 Å². The van der Waals surface area contributed by atoms with Gasteiger partial charge < -0.3 is 5.32 Å². The fourth-order valence-corrected chi connectivity index (χ4v) is 6.40. The molecule has 1 aromatic rings. The van der Waals surface area contributed by atoms with Crippen LogP contribution in [0.3, 0.4) is 0 Å². The Hall–Kier alpha value is -0.100. The van der Waals surface area contributed by atoms with E-state index in [1.54, 1.807) is 0 Å². The van der Waals surface area contributed by atoms with Gasteiger partial charge in [0.2, 0.25) is 5.91 Å². The van der Waals surface area contributed by atoms with Gasteiger partial charge in [-0.25, -0.2) is 0 Å². The standard InChI is InChI=1S/C16H19BrINO/c1-14(2)15(3)8-9-16(14,12(15)17)13(20)19-11-6-4-10(18)5-7-11/h4-7,12H,8-9H2,1-3H3,(H,19,20). The van der Waals surface area contributed by atoms with Crippen LogP contribution in [0, 0.1) is 19.8 Å². The molecule has 3 saturated carbocycles. The second-order valence-electron chi connectivity index (χ2n) is 6.84. The third kappa shape index (κ3) is 1.58. The third-order valence-corrected chi connectivity index (χ3v) is 8.59. The largest absolute Gasteiger partial charge is 0.326 e. The Bertz CT molecular complexity index is 570. The monoisotopic (exact) mass is 447 g/mol. The third-order valence-electron chi connectivity index (χ3n) is 6.08. The van der Waals surface area contributed by atoms with Crippen LogP contribution in [0.25, 0.3) is 0 Å². The fraction of sp³-hybridized carbons (Fsp3) is 0.562. The van der Waals surface area contributed by atoms with Crippen molar-refractivity contribution in [2.24, 2.45) is 16.2 Å². The van der Waals surface area contributed by atoms with E-state index in [0.717, 1.165) is 18.5 Å². The van der Waals surface area contributed by atoms with Crippen LogP contribution in [0.1, 0.15) is 33.6 Å². The first-order chi connectivity index (χ1) is 9.25. The number of nitrogens with one attached hydrogen (secondary N) is 1. The van der Waals surface area contributed by atoms with Crippen molar-refractivity contribution < 1.29 is 4.79 Å². The molecule has 108 valence electrons. The summed E-state index contributed by atoms with van der Waals surface area (Å²) in [6, 6.07) is 7.98. The van der Waals surface area contributed by atoms with E-state index in [9.17, 15) is 4.79 Å². The maximum absolute atomic E-state index is 12.9. The first-order valence-electron chi connectivity index (χ1n) is 6.97. The summed E-state index contributed by atoms with van der Waals surface area (Å²) >= 11 is 6.08. The van der Waals surface area contributed by atoms with Crippen molar-refractivity contribution in [2.75, 3.05) is 5.32 Å². The molecule has 0 saturated heterocycles. The first-order valence-corrected chi connectivity index (χ1v) is 8.96. The fourth-order valence-electron chi connectivity index (χ4n) is 4.23. The molecular formula is C16H19BrINO. The highest BCUT2D eigenvalue weighted by Crippen LogP contribution is 2.79. The van der Waals surface area contributed by atoms with Gasteiger partial charge in [-0.05, 0) is 70.5 Å². The van der Waals surface area contributed by atoms with Crippen LogP contribution in [-0.2, 0) is 4.79 Å². The number of anilines is 1. The molecule has 3 aliphatic carbocycles. The van der Waals surface area contributed by atoms with Gasteiger partial charge in [0.25, 0.3) is 0 Å². The highest BCUT2D eigenvalue weighted by molar-refractivity contribution is 14.1. The lowest BCUT2D eigenvalue weighted by Crippen LogP contribution is -2.68. The number of benzene rings is 1. The summed E-state index contributed by atoms with van der Waals surface area (Å²) in [4.78, 5) is 13.2. The Balaban J connectivity index is 1.86. The van der Waals surface area contributed by atoms with Gasteiger partial charge in [-0.15, -0.1) is 0 Å². The summed E-state index contributed by atoms with van der Waals surface area (Å²) in [6.07, 6.45) is 2.10. The molecule has 4 rings (SSSR count). The zero-order chi connectivity index (χ0) is 14.8. The van der Waals surface area contributed by atoms with Crippen molar-refractivity contribution >= 4 is 50.1 Å². The van der Waals surface area contributed by atoms with Gasteiger partial charge in [-0.2, -0.15) is 0 Å². The number of carbonyl (C=O) groups is 1. The van der Waals surface area contributed by atoms with Crippen LogP contribution < -0.4 is 5.32 Å². The topological polar surface area (TPSA) is 29.1 Å². The summed E-state index contributed by atoms with van der Waals surface area (Å²) in [5, 5.41) is 3.12. The van der Waals surface area contributed by atoms with Crippen molar-refractivity contribution in [2.45, 2.75) is 38.4 Å². The summed E-state index contributed by atoms with van der Waals surface area (Å²) in [6.45, 7) is 6.78. The number of hydrogen-bond acceptors (Lipinski definition) is 1. The predicted molar refractivity (Wildman–Crippen MR) is 94.1 cm³/mol. The van der Waals surface area contributed by atoms with E-state index in [-0.39, 0.29) is 27.0 Å².